The van der Waals surface area contributed by atoms with Gasteiger partial charge in [0, 0.05) is 14.0 Å². The molecule has 0 aliphatic rings. The molecule has 3 heteroatoms. The molecule has 1 rings (SSSR count). The van der Waals surface area contributed by atoms with Crippen LogP contribution in [0.5, 0.6) is 0 Å². The molecule has 0 aromatic heterocycles. The van der Waals surface area contributed by atoms with Crippen molar-refractivity contribution < 1.29 is 9.90 Å². The monoisotopic (exact) mass is 193 g/mol. The van der Waals surface area contributed by atoms with Gasteiger partial charge in [0.25, 0.3) is 0 Å². The van der Waals surface area contributed by atoms with Crippen molar-refractivity contribution >= 4 is 5.91 Å². The maximum atomic E-state index is 11.1. The Morgan fingerprint density at radius 2 is 2.00 bits per heavy atom. The molecule has 1 N–H and O–H groups in total. The van der Waals surface area contributed by atoms with E-state index in [2.05, 4.69) is 0 Å². The van der Waals surface area contributed by atoms with Crippen molar-refractivity contribution in [3.05, 3.63) is 35.9 Å². The van der Waals surface area contributed by atoms with Crippen molar-refractivity contribution in [1.29, 1.82) is 0 Å². The first-order valence-electron chi connectivity index (χ1n) is 4.56. The maximum absolute atomic E-state index is 11.1. The van der Waals surface area contributed by atoms with Gasteiger partial charge in [-0.15, -0.1) is 0 Å². The summed E-state index contributed by atoms with van der Waals surface area (Å²) in [6.45, 7) is 1.44. The Balaban J connectivity index is 2.87. The van der Waals surface area contributed by atoms with Crippen LogP contribution < -0.4 is 0 Å². The van der Waals surface area contributed by atoms with Crippen molar-refractivity contribution in [2.45, 2.75) is 13.0 Å². The summed E-state index contributed by atoms with van der Waals surface area (Å²) in [5, 5.41) is 9.20. The van der Waals surface area contributed by atoms with Crippen LogP contribution in [-0.2, 0) is 4.79 Å². The van der Waals surface area contributed by atoms with Crippen molar-refractivity contribution in [2.24, 2.45) is 0 Å². The number of aliphatic hydroxyl groups is 1. The number of benzene rings is 1. The number of hydrogen-bond donors (Lipinski definition) is 1. The predicted molar refractivity (Wildman–Crippen MR) is 54.7 cm³/mol. The smallest absolute Gasteiger partial charge is 0.219 e. The average molecular weight is 193 g/mol. The van der Waals surface area contributed by atoms with Gasteiger partial charge >= 0.3 is 0 Å². The van der Waals surface area contributed by atoms with E-state index >= 15 is 0 Å². The first-order valence-corrected chi connectivity index (χ1v) is 4.56. The van der Waals surface area contributed by atoms with Crippen LogP contribution >= 0.6 is 0 Å². The number of nitrogens with zero attached hydrogens (tertiary/aromatic N) is 1. The van der Waals surface area contributed by atoms with Crippen molar-refractivity contribution in [2.75, 3.05) is 13.7 Å². The zero-order valence-electron chi connectivity index (χ0n) is 8.47. The summed E-state index contributed by atoms with van der Waals surface area (Å²) in [7, 11) is 1.69. The Morgan fingerprint density at radius 3 is 2.43 bits per heavy atom. The molecule has 0 saturated carbocycles. The number of amides is 1. The maximum Gasteiger partial charge on any atom is 0.219 e. The highest BCUT2D eigenvalue weighted by atomic mass is 16.3. The van der Waals surface area contributed by atoms with E-state index in [1.54, 1.807) is 7.05 Å². The summed E-state index contributed by atoms with van der Waals surface area (Å²) >= 11 is 0. The summed E-state index contributed by atoms with van der Waals surface area (Å²) in [6.07, 6.45) is 0. The van der Waals surface area contributed by atoms with Crippen LogP contribution in [0.2, 0.25) is 0 Å². The fourth-order valence-corrected chi connectivity index (χ4v) is 1.35. The summed E-state index contributed by atoms with van der Waals surface area (Å²) < 4.78 is 0. The molecule has 0 heterocycles. The van der Waals surface area contributed by atoms with Crippen LogP contribution in [0.15, 0.2) is 30.3 Å². The molecule has 0 saturated heterocycles. The van der Waals surface area contributed by atoms with Crippen molar-refractivity contribution in [1.82, 2.24) is 4.90 Å². The molecule has 0 bridgehead atoms. The molecule has 0 fully saturated rings. The topological polar surface area (TPSA) is 40.5 Å². The Hall–Kier alpha value is -1.35. The third kappa shape index (κ3) is 2.33. The van der Waals surface area contributed by atoms with Crippen molar-refractivity contribution in [3.8, 4) is 0 Å². The van der Waals surface area contributed by atoms with E-state index in [0.717, 1.165) is 5.56 Å². The summed E-state index contributed by atoms with van der Waals surface area (Å²) in [5.74, 6) is -0.0482. The molecule has 0 aliphatic heterocycles. The lowest BCUT2D eigenvalue weighted by atomic mass is 10.1. The zero-order valence-corrected chi connectivity index (χ0v) is 8.47. The van der Waals surface area contributed by atoms with Gasteiger partial charge in [-0.2, -0.15) is 0 Å². The largest absolute Gasteiger partial charge is 0.394 e. The van der Waals surface area contributed by atoms with E-state index in [-0.39, 0.29) is 18.6 Å². The lowest BCUT2D eigenvalue weighted by Gasteiger charge is -2.25. The molecular formula is C11H15NO2. The number of aliphatic hydroxyl groups excluding tert-OH is 1. The second-order valence-electron chi connectivity index (χ2n) is 3.24. The highest BCUT2D eigenvalue weighted by Gasteiger charge is 2.17. The molecule has 1 atom stereocenters. The molecule has 1 unspecified atom stereocenters. The highest BCUT2D eigenvalue weighted by molar-refractivity contribution is 5.73. The van der Waals surface area contributed by atoms with Crippen molar-refractivity contribution in [3.63, 3.8) is 0 Å². The molecule has 3 nitrogen and oxygen atoms in total. The van der Waals surface area contributed by atoms with E-state index in [1.807, 2.05) is 30.3 Å². The van der Waals surface area contributed by atoms with Gasteiger partial charge in [0.15, 0.2) is 0 Å². The molecule has 1 aromatic carbocycles. The third-order valence-corrected chi connectivity index (χ3v) is 2.32. The number of carbonyl (C=O) groups is 1. The van der Waals surface area contributed by atoms with Crippen LogP contribution in [0.1, 0.15) is 18.5 Å². The summed E-state index contributed by atoms with van der Waals surface area (Å²) in [4.78, 5) is 12.7. The van der Waals surface area contributed by atoms with E-state index in [9.17, 15) is 9.90 Å². The van der Waals surface area contributed by atoms with Gasteiger partial charge in [0.2, 0.25) is 5.91 Å². The molecule has 76 valence electrons. The van der Waals surface area contributed by atoms with Gasteiger partial charge in [0.1, 0.15) is 0 Å². The minimum absolute atomic E-state index is 0.0482. The minimum Gasteiger partial charge on any atom is -0.394 e. The summed E-state index contributed by atoms with van der Waals surface area (Å²) in [5.41, 5.74) is 0.952. The molecule has 1 aromatic rings. The van der Waals surface area contributed by atoms with Crippen LogP contribution in [0.3, 0.4) is 0 Å². The van der Waals surface area contributed by atoms with E-state index in [0.29, 0.717) is 0 Å². The van der Waals surface area contributed by atoms with Gasteiger partial charge in [-0.25, -0.2) is 0 Å². The second-order valence-corrected chi connectivity index (χ2v) is 3.24. The van der Waals surface area contributed by atoms with Crippen LogP contribution in [0, 0.1) is 0 Å². The lowest BCUT2D eigenvalue weighted by Crippen LogP contribution is -2.31. The Labute approximate surface area is 84.0 Å². The molecule has 0 aliphatic carbocycles. The number of hydrogen-bond acceptors (Lipinski definition) is 2. The number of likely N-dealkylation sites (N-methyl/N-ethyl adjacent to an activating group) is 1. The first-order chi connectivity index (χ1) is 6.66. The summed E-state index contributed by atoms with van der Waals surface area (Å²) in [6, 6.07) is 9.26. The van der Waals surface area contributed by atoms with E-state index in [4.69, 9.17) is 0 Å². The van der Waals surface area contributed by atoms with Gasteiger partial charge in [-0.05, 0) is 5.56 Å². The Kier molecular flexibility index (Phi) is 3.65. The predicted octanol–water partition coefficient (Wildman–Crippen LogP) is 1.20. The lowest BCUT2D eigenvalue weighted by molar-refractivity contribution is -0.130. The van der Waals surface area contributed by atoms with E-state index in [1.165, 1.54) is 11.8 Å². The molecule has 0 spiro atoms. The van der Waals surface area contributed by atoms with Crippen LogP contribution in [-0.4, -0.2) is 29.6 Å². The van der Waals surface area contributed by atoms with E-state index < -0.39 is 0 Å². The quantitative estimate of drug-likeness (QED) is 0.783. The molecule has 14 heavy (non-hydrogen) atoms. The van der Waals surface area contributed by atoms with Gasteiger partial charge in [-0.3, -0.25) is 4.79 Å². The second kappa shape index (κ2) is 4.77. The fourth-order valence-electron chi connectivity index (χ4n) is 1.35. The average Bonchev–Trinajstić information content (AvgIpc) is 2.20. The zero-order chi connectivity index (χ0) is 10.6. The third-order valence-electron chi connectivity index (χ3n) is 2.32. The fraction of sp³-hybridized carbons (Fsp3) is 0.364. The molecule has 0 radical (unpaired) electrons. The number of carbonyl (C=O) groups excluding carboxylic acids is 1. The van der Waals surface area contributed by atoms with Gasteiger partial charge in [-0.1, -0.05) is 30.3 Å². The van der Waals surface area contributed by atoms with Gasteiger partial charge in [0.05, 0.1) is 12.6 Å². The molecule has 1 amide bonds. The minimum atomic E-state index is -0.242. The first kappa shape index (κ1) is 10.7. The number of rotatable bonds is 3. The van der Waals surface area contributed by atoms with Crippen LogP contribution in [0.25, 0.3) is 0 Å². The Bertz CT molecular complexity index is 297. The van der Waals surface area contributed by atoms with Crippen LogP contribution in [0.4, 0.5) is 0 Å². The van der Waals surface area contributed by atoms with Gasteiger partial charge < -0.3 is 10.0 Å². The SMILES string of the molecule is CC(=O)N(C)C(CO)c1ccccc1. The highest BCUT2D eigenvalue weighted by Crippen LogP contribution is 2.18. The normalized spacial score (nSPS) is 12.2. The Morgan fingerprint density at radius 1 is 1.43 bits per heavy atom. The standard InChI is InChI=1S/C11H15NO2/c1-9(14)12(2)11(8-13)10-6-4-3-5-7-10/h3-7,11,13H,8H2,1-2H3. The molecular weight excluding hydrogens is 178 g/mol.